The van der Waals surface area contributed by atoms with E-state index in [0.717, 1.165) is 16.7 Å². The van der Waals surface area contributed by atoms with Gasteiger partial charge in [-0.1, -0.05) is 6.07 Å². The van der Waals surface area contributed by atoms with E-state index in [4.69, 9.17) is 9.47 Å². The summed E-state index contributed by atoms with van der Waals surface area (Å²) in [6, 6.07) is 8.52. The van der Waals surface area contributed by atoms with Crippen molar-refractivity contribution < 1.29 is 19.1 Å². The number of pyridine rings is 1. The van der Waals surface area contributed by atoms with E-state index in [1.165, 1.54) is 6.21 Å². The van der Waals surface area contributed by atoms with Gasteiger partial charge < -0.3 is 14.8 Å². The van der Waals surface area contributed by atoms with E-state index < -0.39 is 23.6 Å². The summed E-state index contributed by atoms with van der Waals surface area (Å²) in [4.78, 5) is 29.0. The number of fused-ring (bicyclic) bond motifs is 1. The molecule has 0 spiro atoms. The molecular weight excluding hydrogens is 404 g/mol. The highest BCUT2D eigenvalue weighted by Gasteiger charge is 2.23. The van der Waals surface area contributed by atoms with Crippen molar-refractivity contribution >= 4 is 40.9 Å². The van der Waals surface area contributed by atoms with Gasteiger partial charge in [0.1, 0.15) is 17.4 Å². The van der Waals surface area contributed by atoms with E-state index in [-0.39, 0.29) is 0 Å². The molecular formula is C21H28N4O4S. The van der Waals surface area contributed by atoms with Crippen LogP contribution in [0.3, 0.4) is 0 Å². The molecule has 0 saturated heterocycles. The van der Waals surface area contributed by atoms with Crippen LogP contribution in [0.2, 0.25) is 0 Å². The summed E-state index contributed by atoms with van der Waals surface area (Å²) in [5, 5.41) is 7.53. The third-order valence-corrected chi connectivity index (χ3v) is 4.55. The zero-order valence-corrected chi connectivity index (χ0v) is 18.7. The summed E-state index contributed by atoms with van der Waals surface area (Å²) in [5.41, 5.74) is 3.20. The smallest absolute Gasteiger partial charge is 0.408 e. The SMILES string of the molecule is COc1ccc2nc(/C=N\NC(=O)[C@H](CCSC)NC(=O)OC(C)(C)C)ccc2c1. The molecule has 0 bridgehead atoms. The second-order valence-electron chi connectivity index (χ2n) is 7.51. The Balaban J connectivity index is 2.01. The quantitative estimate of drug-likeness (QED) is 0.490. The van der Waals surface area contributed by atoms with Gasteiger partial charge in [-0.25, -0.2) is 15.2 Å². The first-order chi connectivity index (χ1) is 14.2. The Labute approximate surface area is 180 Å². The summed E-state index contributed by atoms with van der Waals surface area (Å²) >= 11 is 1.58. The Bertz CT molecular complexity index is 912. The van der Waals surface area contributed by atoms with Gasteiger partial charge in [-0.15, -0.1) is 0 Å². The molecule has 1 heterocycles. The maximum absolute atomic E-state index is 12.5. The van der Waals surface area contributed by atoms with Crippen molar-refractivity contribution in [1.29, 1.82) is 0 Å². The minimum atomic E-state index is -0.749. The minimum Gasteiger partial charge on any atom is -0.497 e. The van der Waals surface area contributed by atoms with Crippen LogP contribution >= 0.6 is 11.8 Å². The summed E-state index contributed by atoms with van der Waals surface area (Å²) in [7, 11) is 1.61. The van der Waals surface area contributed by atoms with Crippen LogP contribution in [0.25, 0.3) is 10.9 Å². The first-order valence-electron chi connectivity index (χ1n) is 9.48. The van der Waals surface area contributed by atoms with E-state index >= 15 is 0 Å². The van der Waals surface area contributed by atoms with Crippen LogP contribution in [0, 0.1) is 0 Å². The number of nitrogens with zero attached hydrogens (tertiary/aromatic N) is 2. The number of alkyl carbamates (subject to hydrolysis) is 1. The van der Waals surface area contributed by atoms with Crippen LogP contribution in [0.5, 0.6) is 5.75 Å². The zero-order chi connectivity index (χ0) is 22.1. The number of carbonyl (C=O) groups excluding carboxylic acids is 2. The molecule has 0 radical (unpaired) electrons. The molecule has 2 aromatic rings. The van der Waals surface area contributed by atoms with Crippen molar-refractivity contribution in [3.63, 3.8) is 0 Å². The van der Waals surface area contributed by atoms with E-state index in [0.29, 0.717) is 17.9 Å². The molecule has 9 heteroatoms. The number of thioether (sulfide) groups is 1. The molecule has 162 valence electrons. The van der Waals surface area contributed by atoms with Gasteiger partial charge >= 0.3 is 6.09 Å². The average Bonchev–Trinajstić information content (AvgIpc) is 2.69. The second kappa shape index (κ2) is 10.8. The number of nitrogens with one attached hydrogen (secondary N) is 2. The fourth-order valence-corrected chi connectivity index (χ4v) is 2.98. The van der Waals surface area contributed by atoms with Gasteiger partial charge in [0.25, 0.3) is 5.91 Å². The molecule has 0 fully saturated rings. The van der Waals surface area contributed by atoms with Gasteiger partial charge in [-0.3, -0.25) is 4.79 Å². The lowest BCUT2D eigenvalue weighted by Gasteiger charge is -2.22. The number of amides is 2. The Morgan fingerprint density at radius 3 is 2.70 bits per heavy atom. The molecule has 0 aliphatic rings. The first-order valence-corrected chi connectivity index (χ1v) is 10.9. The maximum Gasteiger partial charge on any atom is 0.408 e. The highest BCUT2D eigenvalue weighted by Crippen LogP contribution is 2.19. The predicted octanol–water partition coefficient (Wildman–Crippen LogP) is 3.34. The lowest BCUT2D eigenvalue weighted by atomic mass is 10.2. The number of hydrogen-bond acceptors (Lipinski definition) is 7. The van der Waals surface area contributed by atoms with Crippen LogP contribution in [0.1, 0.15) is 32.9 Å². The molecule has 0 aliphatic heterocycles. The van der Waals surface area contributed by atoms with Gasteiger partial charge in [-0.05, 0) is 63.5 Å². The monoisotopic (exact) mass is 432 g/mol. The van der Waals surface area contributed by atoms with E-state index in [1.54, 1.807) is 45.7 Å². The molecule has 1 atom stereocenters. The van der Waals surface area contributed by atoms with Gasteiger partial charge in [0.15, 0.2) is 0 Å². The van der Waals surface area contributed by atoms with E-state index in [1.807, 2.05) is 30.5 Å². The van der Waals surface area contributed by atoms with Crippen LogP contribution in [0.4, 0.5) is 4.79 Å². The third-order valence-electron chi connectivity index (χ3n) is 3.91. The zero-order valence-electron chi connectivity index (χ0n) is 17.9. The Morgan fingerprint density at radius 2 is 2.03 bits per heavy atom. The van der Waals surface area contributed by atoms with Crippen molar-refractivity contribution in [2.45, 2.75) is 38.8 Å². The summed E-state index contributed by atoms with van der Waals surface area (Å²) in [6.45, 7) is 5.29. The number of rotatable bonds is 8. The van der Waals surface area contributed by atoms with Crippen molar-refractivity contribution in [2.24, 2.45) is 5.10 Å². The molecule has 0 unspecified atom stereocenters. The van der Waals surface area contributed by atoms with Crippen LogP contribution in [-0.2, 0) is 9.53 Å². The maximum atomic E-state index is 12.5. The predicted molar refractivity (Wildman–Crippen MR) is 120 cm³/mol. The topological polar surface area (TPSA) is 102 Å². The molecule has 2 amide bonds. The third kappa shape index (κ3) is 7.55. The molecule has 2 rings (SSSR count). The number of benzene rings is 1. The highest BCUT2D eigenvalue weighted by atomic mass is 32.2. The van der Waals surface area contributed by atoms with E-state index in [9.17, 15) is 9.59 Å². The molecule has 2 N–H and O–H groups in total. The van der Waals surface area contributed by atoms with Gasteiger partial charge in [0.05, 0.1) is 24.5 Å². The van der Waals surface area contributed by atoms with Crippen LogP contribution < -0.4 is 15.5 Å². The number of ether oxygens (including phenoxy) is 2. The normalized spacial score (nSPS) is 12.6. The number of hydrazone groups is 1. The summed E-state index contributed by atoms with van der Waals surface area (Å²) < 4.78 is 10.4. The molecule has 30 heavy (non-hydrogen) atoms. The Hall–Kier alpha value is -2.81. The first kappa shape index (κ1) is 23.5. The largest absolute Gasteiger partial charge is 0.497 e. The van der Waals surface area contributed by atoms with Crippen LogP contribution in [0.15, 0.2) is 35.4 Å². The van der Waals surface area contributed by atoms with Crippen molar-refractivity contribution in [3.8, 4) is 5.75 Å². The van der Waals surface area contributed by atoms with E-state index in [2.05, 4.69) is 20.8 Å². The molecule has 1 aromatic carbocycles. The molecule has 1 aromatic heterocycles. The molecule has 0 aliphatic carbocycles. The summed E-state index contributed by atoms with van der Waals surface area (Å²) in [6.07, 6.45) is 3.21. The Morgan fingerprint density at radius 1 is 1.27 bits per heavy atom. The fourth-order valence-electron chi connectivity index (χ4n) is 2.51. The number of aromatic nitrogens is 1. The second-order valence-corrected chi connectivity index (χ2v) is 8.49. The lowest BCUT2D eigenvalue weighted by molar-refractivity contribution is -0.123. The van der Waals surface area contributed by atoms with Crippen molar-refractivity contribution in [1.82, 2.24) is 15.7 Å². The molecule has 8 nitrogen and oxygen atoms in total. The summed E-state index contributed by atoms with van der Waals surface area (Å²) in [5.74, 6) is 1.04. The Kier molecular flexibility index (Phi) is 8.46. The van der Waals surface area contributed by atoms with Gasteiger partial charge in [0.2, 0.25) is 0 Å². The highest BCUT2D eigenvalue weighted by molar-refractivity contribution is 7.98. The number of methoxy groups -OCH3 is 1. The number of carbonyl (C=O) groups is 2. The standard InChI is InChI=1S/C21H28N4O4S/c1-21(2,3)29-20(27)24-18(10-11-30-5)19(26)25-22-13-15-7-6-14-12-16(28-4)8-9-17(14)23-15/h6-9,12-13,18H,10-11H2,1-5H3,(H,24,27)(H,25,26)/b22-13-/t18-/m0/s1. The van der Waals surface area contributed by atoms with Crippen LogP contribution in [-0.4, -0.2) is 54.0 Å². The average molecular weight is 433 g/mol. The van der Waals surface area contributed by atoms with Crippen molar-refractivity contribution in [2.75, 3.05) is 19.1 Å². The minimum absolute atomic E-state index is 0.420. The molecule has 0 saturated carbocycles. The lowest BCUT2D eigenvalue weighted by Crippen LogP contribution is -2.47. The fraction of sp³-hybridized carbons (Fsp3) is 0.429. The van der Waals surface area contributed by atoms with Crippen molar-refractivity contribution in [3.05, 3.63) is 36.0 Å². The van der Waals surface area contributed by atoms with Gasteiger partial charge in [0, 0.05) is 5.39 Å². The number of hydrogen-bond donors (Lipinski definition) is 2. The van der Waals surface area contributed by atoms with Gasteiger partial charge in [-0.2, -0.15) is 16.9 Å².